The standard InChI is InChI=1S/C16H7F6O5PS/c17-9-10(18)12(20)14(13(21)11(9)19)27-16(23)8-4-6-3-5(1-2-7(6)29-8)15(22)28(24,25)26/h1-4,15H,(H2,24,25,26). The minimum absolute atomic E-state index is 0.132. The van der Waals surface area contributed by atoms with E-state index < -0.39 is 54.3 Å². The number of benzene rings is 2. The van der Waals surface area contributed by atoms with E-state index in [0.717, 1.165) is 18.2 Å². The zero-order valence-corrected chi connectivity index (χ0v) is 15.3. The van der Waals surface area contributed by atoms with Gasteiger partial charge in [-0.05, 0) is 29.1 Å². The second-order valence-electron chi connectivity index (χ2n) is 5.62. The summed E-state index contributed by atoms with van der Waals surface area (Å²) in [6.45, 7) is 0. The average Bonchev–Trinajstić information content (AvgIpc) is 3.10. The van der Waals surface area contributed by atoms with Crippen molar-refractivity contribution >= 4 is 35.0 Å². The lowest BCUT2D eigenvalue weighted by Crippen LogP contribution is -2.12. The number of thiophene rings is 1. The van der Waals surface area contributed by atoms with E-state index in [0.29, 0.717) is 16.0 Å². The molecule has 13 heteroatoms. The Balaban J connectivity index is 1.96. The fourth-order valence-corrected chi connectivity index (χ4v) is 3.79. The second kappa shape index (κ2) is 7.45. The van der Waals surface area contributed by atoms with E-state index in [1.54, 1.807) is 0 Å². The van der Waals surface area contributed by atoms with Crippen LogP contribution < -0.4 is 4.74 Å². The summed E-state index contributed by atoms with van der Waals surface area (Å²) in [5.41, 5.74) is -0.386. The van der Waals surface area contributed by atoms with Crippen molar-refractivity contribution in [2.24, 2.45) is 0 Å². The molecule has 1 unspecified atom stereocenters. The van der Waals surface area contributed by atoms with Crippen LogP contribution in [0.15, 0.2) is 24.3 Å². The SMILES string of the molecule is O=C(Oc1c(F)c(F)c(F)c(F)c1F)c1cc2cc(C(F)P(=O)(O)O)ccc2s1. The summed E-state index contributed by atoms with van der Waals surface area (Å²) >= 11 is 0.678. The summed E-state index contributed by atoms with van der Waals surface area (Å²) in [4.78, 5) is 29.5. The van der Waals surface area contributed by atoms with Gasteiger partial charge in [-0.3, -0.25) is 4.57 Å². The zero-order chi connectivity index (χ0) is 21.7. The first kappa shape index (κ1) is 21.3. The quantitative estimate of drug-likeness (QED) is 0.145. The third-order valence-electron chi connectivity index (χ3n) is 3.68. The number of rotatable bonds is 4. The van der Waals surface area contributed by atoms with Crippen LogP contribution in [0.5, 0.6) is 5.75 Å². The smallest absolute Gasteiger partial charge is 0.363 e. The summed E-state index contributed by atoms with van der Waals surface area (Å²) in [6.07, 6.45) is 0. The predicted octanol–water partition coefficient (Wildman–Crippen LogP) is 4.96. The molecule has 0 amide bonds. The van der Waals surface area contributed by atoms with Crippen molar-refractivity contribution in [2.45, 2.75) is 5.91 Å². The molecule has 0 saturated carbocycles. The topological polar surface area (TPSA) is 83.8 Å². The van der Waals surface area contributed by atoms with Crippen LogP contribution in [0.3, 0.4) is 0 Å². The van der Waals surface area contributed by atoms with Gasteiger partial charge in [0, 0.05) is 4.70 Å². The zero-order valence-electron chi connectivity index (χ0n) is 13.6. The van der Waals surface area contributed by atoms with Crippen LogP contribution in [0.1, 0.15) is 21.1 Å². The minimum atomic E-state index is -5.08. The first-order valence-corrected chi connectivity index (χ1v) is 9.88. The Morgan fingerprint density at radius 1 is 0.966 bits per heavy atom. The molecule has 154 valence electrons. The van der Waals surface area contributed by atoms with Gasteiger partial charge in [0.05, 0.1) is 0 Å². The number of fused-ring (bicyclic) bond motifs is 1. The number of hydrogen-bond acceptors (Lipinski definition) is 4. The Bertz CT molecular complexity index is 1160. The second-order valence-corrected chi connectivity index (χ2v) is 8.34. The number of carbonyl (C=O) groups is 1. The van der Waals surface area contributed by atoms with E-state index in [2.05, 4.69) is 4.74 Å². The molecule has 0 fully saturated rings. The van der Waals surface area contributed by atoms with Gasteiger partial charge in [-0.15, -0.1) is 11.3 Å². The molecule has 0 spiro atoms. The molecule has 0 aliphatic carbocycles. The van der Waals surface area contributed by atoms with Crippen molar-refractivity contribution in [1.29, 1.82) is 0 Å². The van der Waals surface area contributed by atoms with Gasteiger partial charge in [0.25, 0.3) is 0 Å². The number of ether oxygens (including phenoxy) is 1. The lowest BCUT2D eigenvalue weighted by Gasteiger charge is -2.09. The van der Waals surface area contributed by atoms with E-state index in [4.69, 9.17) is 9.79 Å². The maximum atomic E-state index is 13.8. The maximum absolute atomic E-state index is 13.8. The fraction of sp³-hybridized carbons (Fsp3) is 0.0625. The van der Waals surface area contributed by atoms with Gasteiger partial charge in [0.1, 0.15) is 4.88 Å². The highest BCUT2D eigenvalue weighted by Crippen LogP contribution is 2.53. The molecule has 3 rings (SSSR count). The van der Waals surface area contributed by atoms with Gasteiger partial charge in [-0.25, -0.2) is 22.4 Å². The molecule has 29 heavy (non-hydrogen) atoms. The highest BCUT2D eigenvalue weighted by molar-refractivity contribution is 7.51. The molecule has 1 heterocycles. The lowest BCUT2D eigenvalue weighted by molar-refractivity contribution is 0.0721. The molecule has 0 bridgehead atoms. The fourth-order valence-electron chi connectivity index (χ4n) is 2.32. The predicted molar refractivity (Wildman–Crippen MR) is 88.9 cm³/mol. The van der Waals surface area contributed by atoms with Crippen LogP contribution in [0.4, 0.5) is 26.3 Å². The normalized spacial score (nSPS) is 13.0. The van der Waals surface area contributed by atoms with Crippen molar-refractivity contribution in [3.05, 3.63) is 63.8 Å². The molecule has 2 aromatic carbocycles. The third-order valence-corrected chi connectivity index (χ3v) is 5.66. The van der Waals surface area contributed by atoms with Gasteiger partial charge >= 0.3 is 13.6 Å². The Morgan fingerprint density at radius 3 is 2.07 bits per heavy atom. The number of halogens is 6. The first-order chi connectivity index (χ1) is 13.4. The number of esters is 1. The van der Waals surface area contributed by atoms with Gasteiger partial charge in [-0.1, -0.05) is 6.07 Å². The monoisotopic (exact) mass is 456 g/mol. The van der Waals surface area contributed by atoms with E-state index in [1.807, 2.05) is 0 Å². The highest BCUT2D eigenvalue weighted by atomic mass is 32.1. The Hall–Kier alpha value is -2.40. The molecular formula is C16H7F6O5PS. The highest BCUT2D eigenvalue weighted by Gasteiger charge is 2.31. The molecule has 0 radical (unpaired) electrons. The summed E-state index contributed by atoms with van der Waals surface area (Å²) in [6, 6.07) is 4.36. The number of alkyl halides is 1. The average molecular weight is 456 g/mol. The van der Waals surface area contributed by atoms with Crippen LogP contribution in [-0.2, 0) is 4.57 Å². The number of hydrogen-bond donors (Lipinski definition) is 2. The van der Waals surface area contributed by atoms with Crippen molar-refractivity contribution in [3.63, 3.8) is 0 Å². The van der Waals surface area contributed by atoms with Gasteiger partial charge < -0.3 is 14.5 Å². The molecule has 0 aliphatic rings. The van der Waals surface area contributed by atoms with Crippen LogP contribution in [0.25, 0.3) is 10.1 Å². The van der Waals surface area contributed by atoms with Crippen molar-refractivity contribution < 1.29 is 50.2 Å². The largest absolute Gasteiger partial charge is 0.416 e. The minimum Gasteiger partial charge on any atom is -0.416 e. The Morgan fingerprint density at radius 2 is 1.52 bits per heavy atom. The summed E-state index contributed by atoms with van der Waals surface area (Å²) in [5, 5.41) is 0.132. The molecule has 1 aromatic heterocycles. The summed E-state index contributed by atoms with van der Waals surface area (Å²) in [5.74, 6) is -17.5. The van der Waals surface area contributed by atoms with E-state index in [9.17, 15) is 35.7 Å². The molecule has 1 atom stereocenters. The lowest BCUT2D eigenvalue weighted by atomic mass is 10.2. The summed E-state index contributed by atoms with van der Waals surface area (Å²) < 4.78 is 96.1. The Kier molecular flexibility index (Phi) is 5.48. The molecule has 2 N–H and O–H groups in total. The van der Waals surface area contributed by atoms with E-state index >= 15 is 0 Å². The molecular weight excluding hydrogens is 449 g/mol. The van der Waals surface area contributed by atoms with Crippen LogP contribution in [0.2, 0.25) is 0 Å². The van der Waals surface area contributed by atoms with Crippen LogP contribution in [0, 0.1) is 29.1 Å². The van der Waals surface area contributed by atoms with Crippen LogP contribution in [-0.4, -0.2) is 15.8 Å². The first-order valence-electron chi connectivity index (χ1n) is 7.38. The summed E-state index contributed by atoms with van der Waals surface area (Å²) in [7, 11) is -5.08. The van der Waals surface area contributed by atoms with Crippen molar-refractivity contribution in [3.8, 4) is 5.75 Å². The van der Waals surface area contributed by atoms with Gasteiger partial charge in [0.2, 0.25) is 40.7 Å². The van der Waals surface area contributed by atoms with E-state index in [1.165, 1.54) is 6.07 Å². The van der Waals surface area contributed by atoms with Crippen molar-refractivity contribution in [2.75, 3.05) is 0 Å². The Labute approximate surface area is 161 Å². The molecule has 0 saturated heterocycles. The maximum Gasteiger partial charge on any atom is 0.363 e. The van der Waals surface area contributed by atoms with Crippen LogP contribution >= 0.6 is 18.9 Å². The van der Waals surface area contributed by atoms with E-state index in [-0.39, 0.29) is 15.8 Å². The number of carbonyl (C=O) groups excluding carboxylic acids is 1. The molecule has 0 aliphatic heterocycles. The van der Waals surface area contributed by atoms with Gasteiger partial charge in [-0.2, -0.15) is 8.78 Å². The molecule has 5 nitrogen and oxygen atoms in total. The third kappa shape index (κ3) is 3.88. The molecule has 3 aromatic rings. The van der Waals surface area contributed by atoms with Crippen molar-refractivity contribution in [1.82, 2.24) is 0 Å². The van der Waals surface area contributed by atoms with Gasteiger partial charge in [0.15, 0.2) is 0 Å².